The molecule has 2 aromatic carbocycles. The molecule has 2 aromatic rings. The second kappa shape index (κ2) is 5.86. The summed E-state index contributed by atoms with van der Waals surface area (Å²) in [6.07, 6.45) is 0. The van der Waals surface area contributed by atoms with Crippen LogP contribution in [-0.4, -0.2) is 17.2 Å². The molecule has 2 rings (SSSR count). The van der Waals surface area contributed by atoms with Crippen molar-refractivity contribution in [3.05, 3.63) is 59.4 Å². The van der Waals surface area contributed by atoms with Crippen molar-refractivity contribution < 1.29 is 19.2 Å². The Bertz CT molecular complexity index is 558. The highest BCUT2D eigenvalue weighted by atomic mass is 19.1. The van der Waals surface area contributed by atoms with Gasteiger partial charge >= 0.3 is 7.12 Å². The second-order valence-corrected chi connectivity index (χ2v) is 4.26. The third-order valence-electron chi connectivity index (χ3n) is 2.82. The summed E-state index contributed by atoms with van der Waals surface area (Å²) in [6.45, 7) is 1.76. The fourth-order valence-corrected chi connectivity index (χ4v) is 1.75. The van der Waals surface area contributed by atoms with Crippen LogP contribution < -0.4 is 10.2 Å². The fraction of sp³-hybridized carbons (Fsp3) is 0.143. The van der Waals surface area contributed by atoms with Crippen LogP contribution in [0.15, 0.2) is 42.5 Å². The molecule has 0 spiro atoms. The first-order valence-electron chi connectivity index (χ1n) is 5.91. The summed E-state index contributed by atoms with van der Waals surface area (Å²) < 4.78 is 19.4. The highest BCUT2D eigenvalue weighted by molar-refractivity contribution is 6.59. The van der Waals surface area contributed by atoms with Crippen LogP contribution in [0.25, 0.3) is 0 Å². The minimum absolute atomic E-state index is 0.0269. The summed E-state index contributed by atoms with van der Waals surface area (Å²) in [5.74, 6) is -0.680. The first kappa shape index (κ1) is 13.6. The third-order valence-corrected chi connectivity index (χ3v) is 2.82. The Hall–Kier alpha value is -1.85. The van der Waals surface area contributed by atoms with E-state index in [4.69, 9.17) is 4.74 Å². The average Bonchev–Trinajstić information content (AvgIpc) is 2.41. The lowest BCUT2D eigenvalue weighted by Gasteiger charge is -2.13. The van der Waals surface area contributed by atoms with Crippen molar-refractivity contribution in [2.75, 3.05) is 0 Å². The Morgan fingerprint density at radius 2 is 1.79 bits per heavy atom. The van der Waals surface area contributed by atoms with Gasteiger partial charge in [-0.15, -0.1) is 0 Å². The number of benzene rings is 2. The molecule has 0 unspecified atom stereocenters. The smallest absolute Gasteiger partial charge is 0.486 e. The maximum atomic E-state index is 14.0. The molecule has 98 valence electrons. The van der Waals surface area contributed by atoms with Crippen molar-refractivity contribution in [2.24, 2.45) is 0 Å². The Balaban J connectivity index is 2.26. The third kappa shape index (κ3) is 3.13. The fourth-order valence-electron chi connectivity index (χ4n) is 1.75. The number of hydrogen-bond acceptors (Lipinski definition) is 3. The van der Waals surface area contributed by atoms with Crippen LogP contribution in [0.1, 0.15) is 11.1 Å². The van der Waals surface area contributed by atoms with Crippen LogP contribution in [0.2, 0.25) is 0 Å². The van der Waals surface area contributed by atoms with Crippen molar-refractivity contribution in [3.8, 4) is 5.75 Å². The van der Waals surface area contributed by atoms with Gasteiger partial charge in [0, 0.05) is 5.46 Å². The monoisotopic (exact) mass is 260 g/mol. The summed E-state index contributed by atoms with van der Waals surface area (Å²) in [4.78, 5) is 0. The predicted molar refractivity (Wildman–Crippen MR) is 71.7 cm³/mol. The molecule has 0 aliphatic carbocycles. The van der Waals surface area contributed by atoms with Gasteiger partial charge in [0.25, 0.3) is 0 Å². The van der Waals surface area contributed by atoms with Gasteiger partial charge in [-0.2, -0.15) is 0 Å². The predicted octanol–water partition coefficient (Wildman–Crippen LogP) is 1.39. The zero-order valence-electron chi connectivity index (χ0n) is 10.5. The second-order valence-electron chi connectivity index (χ2n) is 4.26. The zero-order chi connectivity index (χ0) is 13.8. The number of halogens is 1. The topological polar surface area (TPSA) is 49.7 Å². The van der Waals surface area contributed by atoms with E-state index in [9.17, 15) is 14.4 Å². The quantitative estimate of drug-likeness (QED) is 0.817. The van der Waals surface area contributed by atoms with Crippen LogP contribution in [-0.2, 0) is 6.61 Å². The van der Waals surface area contributed by atoms with E-state index in [-0.39, 0.29) is 17.8 Å². The van der Waals surface area contributed by atoms with E-state index in [1.165, 1.54) is 12.1 Å². The Kier molecular flexibility index (Phi) is 4.19. The highest BCUT2D eigenvalue weighted by Crippen LogP contribution is 2.19. The van der Waals surface area contributed by atoms with Crippen LogP contribution in [0.3, 0.4) is 0 Å². The van der Waals surface area contributed by atoms with Gasteiger partial charge in [-0.1, -0.05) is 42.5 Å². The van der Waals surface area contributed by atoms with Gasteiger partial charge in [0.15, 0.2) is 11.6 Å². The molecule has 0 atom stereocenters. The molecule has 19 heavy (non-hydrogen) atoms. The highest BCUT2D eigenvalue weighted by Gasteiger charge is 2.21. The lowest BCUT2D eigenvalue weighted by atomic mass is 9.79. The molecule has 0 heterocycles. The van der Waals surface area contributed by atoms with Gasteiger partial charge in [0.2, 0.25) is 0 Å². The molecule has 5 heteroatoms. The van der Waals surface area contributed by atoms with E-state index in [1.807, 2.05) is 30.3 Å². The van der Waals surface area contributed by atoms with Gasteiger partial charge in [-0.25, -0.2) is 4.39 Å². The van der Waals surface area contributed by atoms with Crippen LogP contribution >= 0.6 is 0 Å². The number of hydrogen-bond donors (Lipinski definition) is 2. The van der Waals surface area contributed by atoms with E-state index in [0.717, 1.165) is 5.56 Å². The Labute approximate surface area is 111 Å². The number of rotatable bonds is 4. The Morgan fingerprint density at radius 3 is 2.42 bits per heavy atom. The standard InChI is InChI=1S/C14H14BFO3/c1-10-7-8-12(15(17)18)14(13(10)16)19-9-11-5-3-2-4-6-11/h2-8,17-18H,9H2,1H3. The SMILES string of the molecule is Cc1ccc(B(O)O)c(OCc2ccccc2)c1F. The molecule has 0 amide bonds. The lowest BCUT2D eigenvalue weighted by molar-refractivity contribution is 0.290. The molecule has 0 aliphatic rings. The minimum Gasteiger partial charge on any atom is -0.486 e. The summed E-state index contributed by atoms with van der Waals surface area (Å²) in [7, 11) is -1.76. The largest absolute Gasteiger partial charge is 0.492 e. The summed E-state index contributed by atoms with van der Waals surface area (Å²) in [5, 5.41) is 18.5. The normalized spacial score (nSPS) is 10.3. The molecule has 0 saturated carbocycles. The van der Waals surface area contributed by atoms with Gasteiger partial charge in [-0.3, -0.25) is 0 Å². The van der Waals surface area contributed by atoms with Gasteiger partial charge < -0.3 is 14.8 Å². The molecule has 0 aliphatic heterocycles. The van der Waals surface area contributed by atoms with Gasteiger partial charge in [0.05, 0.1) is 0 Å². The Morgan fingerprint density at radius 1 is 1.11 bits per heavy atom. The van der Waals surface area contributed by atoms with E-state index in [1.54, 1.807) is 6.92 Å². The zero-order valence-corrected chi connectivity index (χ0v) is 10.5. The maximum Gasteiger partial charge on any atom is 0.492 e. The van der Waals surface area contributed by atoms with E-state index < -0.39 is 12.9 Å². The summed E-state index contributed by atoms with van der Waals surface area (Å²) >= 11 is 0. The molecule has 3 nitrogen and oxygen atoms in total. The van der Waals surface area contributed by atoms with Crippen molar-refractivity contribution in [2.45, 2.75) is 13.5 Å². The van der Waals surface area contributed by atoms with Crippen molar-refractivity contribution in [3.63, 3.8) is 0 Å². The molecule has 0 saturated heterocycles. The number of ether oxygens (including phenoxy) is 1. The van der Waals surface area contributed by atoms with Crippen LogP contribution in [0.5, 0.6) is 5.75 Å². The summed E-state index contributed by atoms with van der Waals surface area (Å²) in [5.41, 5.74) is 1.30. The molecule has 0 radical (unpaired) electrons. The van der Waals surface area contributed by atoms with Crippen LogP contribution in [0, 0.1) is 12.7 Å². The van der Waals surface area contributed by atoms with Gasteiger partial charge in [0.1, 0.15) is 6.61 Å². The molecule has 0 fully saturated rings. The van der Waals surface area contributed by atoms with Crippen LogP contribution in [0.4, 0.5) is 4.39 Å². The van der Waals surface area contributed by atoms with E-state index in [2.05, 4.69) is 0 Å². The minimum atomic E-state index is -1.76. The first-order valence-corrected chi connectivity index (χ1v) is 5.91. The first-order chi connectivity index (χ1) is 9.09. The maximum absolute atomic E-state index is 14.0. The molecular weight excluding hydrogens is 246 g/mol. The molecule has 0 bridgehead atoms. The molecule has 0 aromatic heterocycles. The average molecular weight is 260 g/mol. The van der Waals surface area contributed by atoms with Crippen molar-refractivity contribution in [1.82, 2.24) is 0 Å². The van der Waals surface area contributed by atoms with Gasteiger partial charge in [-0.05, 0) is 18.1 Å². The molecule has 2 N–H and O–H groups in total. The lowest BCUT2D eigenvalue weighted by Crippen LogP contribution is -2.32. The van der Waals surface area contributed by atoms with E-state index >= 15 is 0 Å². The van der Waals surface area contributed by atoms with Crippen molar-refractivity contribution >= 4 is 12.6 Å². The molecular formula is C14H14BFO3. The van der Waals surface area contributed by atoms with Crippen molar-refractivity contribution in [1.29, 1.82) is 0 Å². The summed E-state index contributed by atoms with van der Waals surface area (Å²) in [6, 6.07) is 12.2. The number of aryl methyl sites for hydroxylation is 1. The van der Waals surface area contributed by atoms with E-state index in [0.29, 0.717) is 5.56 Å².